The van der Waals surface area contributed by atoms with E-state index in [-0.39, 0.29) is 93.8 Å². The average molecular weight is 1430 g/mol. The predicted molar refractivity (Wildman–Crippen MR) is 360 cm³/mol. The van der Waals surface area contributed by atoms with E-state index in [1.165, 1.54) is 72.7 Å². The minimum absolute atomic E-state index is 0.0102. The lowest BCUT2D eigenvalue weighted by Crippen LogP contribution is -2.65. The van der Waals surface area contributed by atoms with Crippen LogP contribution in [0.5, 0.6) is 0 Å². The Morgan fingerprint density at radius 1 is 0.600 bits per heavy atom. The molecule has 2 aromatic rings. The normalized spacial score (nSPS) is 27.0. The van der Waals surface area contributed by atoms with Gasteiger partial charge in [-0.05, 0) is 131 Å². The molecule has 0 unspecified atom stereocenters. The standard InChI is InChI=1S/C71H100ClF6N11O11/c1-13-42(4)58-66(98)84(9)44(6)62(94)89-35-31-53(89)65(97)86(11)55(39-46-23-27-48(28-24-46)70(73,74)75)64(96)82(7)40-56(90)79-51(30-26-45-25-29-49(50(72)38-45)71(76,77)78)63(95)88-34-19-22-52(88)61(93)81-69(32-17-18-33-69)68(100)87(12)59(47-20-15-14-16-21-47)67(99)83(8)43(5)37-57(91)85(10)54(36-41(2)3)60(92)80-58/h23-25,27-29,38,41-44,47,51-55,58-59H,13-22,26,30-37,39-40H2,1-12H3,(H,79,90)(H,80,92)(H,81,93)/t42-,43+,44-,51-,52-,53-,54-,55-,58-,59-/m0/s1. The summed E-state index contributed by atoms with van der Waals surface area (Å²) in [6, 6.07) is -4.03. The zero-order chi connectivity index (χ0) is 74.2. The molecule has 3 aliphatic heterocycles. The van der Waals surface area contributed by atoms with E-state index in [4.69, 9.17) is 11.6 Å². The Kier molecular flexibility index (Phi) is 26.7. The van der Waals surface area contributed by atoms with Crippen molar-refractivity contribution in [3.63, 3.8) is 0 Å². The number of amides is 11. The van der Waals surface area contributed by atoms with Crippen LogP contribution < -0.4 is 16.0 Å². The van der Waals surface area contributed by atoms with Crippen LogP contribution >= 0.6 is 11.6 Å². The van der Waals surface area contributed by atoms with Crippen LogP contribution in [0.1, 0.15) is 167 Å². The summed E-state index contributed by atoms with van der Waals surface area (Å²) in [5.74, 6) is -8.51. The van der Waals surface area contributed by atoms with E-state index < -0.39 is 172 Å². The van der Waals surface area contributed by atoms with Gasteiger partial charge in [-0.1, -0.05) is 96.0 Å². The summed E-state index contributed by atoms with van der Waals surface area (Å²) in [6.45, 7) is 9.66. The van der Waals surface area contributed by atoms with Crippen molar-refractivity contribution in [2.45, 2.75) is 229 Å². The van der Waals surface area contributed by atoms with Gasteiger partial charge in [0.25, 0.3) is 0 Å². The third-order valence-corrected chi connectivity index (χ3v) is 21.7. The van der Waals surface area contributed by atoms with Gasteiger partial charge in [0, 0.05) is 74.3 Å². The molecule has 29 heteroatoms. The topological polar surface area (TPSA) is 250 Å². The molecule has 11 amide bonds. The molecule has 0 bridgehead atoms. The fourth-order valence-electron chi connectivity index (χ4n) is 14.6. The molecule has 10 atom stereocenters. The average Bonchev–Trinajstić information content (AvgIpc) is 1.49. The number of nitrogens with one attached hydrogen (secondary N) is 3. The maximum absolute atomic E-state index is 15.5. The van der Waals surface area contributed by atoms with Crippen molar-refractivity contribution in [1.82, 2.24) is 55.1 Å². The highest BCUT2D eigenvalue weighted by atomic mass is 35.5. The van der Waals surface area contributed by atoms with E-state index in [0.717, 1.165) is 70.4 Å². The first-order valence-corrected chi connectivity index (χ1v) is 35.3. The van der Waals surface area contributed by atoms with Gasteiger partial charge in [0.15, 0.2) is 0 Å². The second-order valence-electron chi connectivity index (χ2n) is 28.7. The number of hydrogen-bond donors (Lipinski definition) is 3. The number of aryl methyl sites for hydroxylation is 1. The predicted octanol–water partition coefficient (Wildman–Crippen LogP) is 7.25. The van der Waals surface area contributed by atoms with Gasteiger partial charge in [-0.25, -0.2) is 0 Å². The van der Waals surface area contributed by atoms with Crippen molar-refractivity contribution >= 4 is 76.6 Å². The lowest BCUT2D eigenvalue weighted by atomic mass is 9.81. The quantitative estimate of drug-likeness (QED) is 0.200. The highest BCUT2D eigenvalue weighted by Gasteiger charge is 2.52. The Labute approximate surface area is 587 Å². The molecule has 5 aliphatic rings. The summed E-state index contributed by atoms with van der Waals surface area (Å²) >= 11 is 6.13. The van der Waals surface area contributed by atoms with Gasteiger partial charge in [-0.3, -0.25) is 52.7 Å². The summed E-state index contributed by atoms with van der Waals surface area (Å²) in [5, 5.41) is 7.99. The molecule has 100 heavy (non-hydrogen) atoms. The number of alkyl halides is 6. The summed E-state index contributed by atoms with van der Waals surface area (Å²) in [5.41, 5.74) is -3.24. The van der Waals surface area contributed by atoms with Crippen LogP contribution in [0.25, 0.3) is 0 Å². The lowest BCUT2D eigenvalue weighted by molar-refractivity contribution is -0.160. The van der Waals surface area contributed by atoms with Crippen LogP contribution in [0.15, 0.2) is 42.5 Å². The second kappa shape index (κ2) is 33.5. The van der Waals surface area contributed by atoms with Gasteiger partial charge in [-0.15, -0.1) is 0 Å². The molecule has 3 saturated heterocycles. The molecule has 5 fully saturated rings. The number of hydrogen-bond acceptors (Lipinski definition) is 11. The molecular formula is C71H100ClF6N11O11. The van der Waals surface area contributed by atoms with Crippen LogP contribution in [0.3, 0.4) is 0 Å². The van der Waals surface area contributed by atoms with E-state index in [9.17, 15) is 59.9 Å². The maximum atomic E-state index is 15.5. The first kappa shape index (κ1) is 79.8. The van der Waals surface area contributed by atoms with Gasteiger partial charge < -0.3 is 55.1 Å². The van der Waals surface area contributed by atoms with Gasteiger partial charge in [0.05, 0.1) is 22.7 Å². The van der Waals surface area contributed by atoms with Crippen molar-refractivity contribution in [3.05, 3.63) is 69.7 Å². The van der Waals surface area contributed by atoms with Crippen molar-refractivity contribution in [2.24, 2.45) is 17.8 Å². The van der Waals surface area contributed by atoms with Crippen LogP contribution in [0.4, 0.5) is 26.3 Å². The second-order valence-corrected chi connectivity index (χ2v) is 29.1. The van der Waals surface area contributed by atoms with Gasteiger partial charge in [0.1, 0.15) is 53.9 Å². The zero-order valence-corrected chi connectivity index (χ0v) is 60.3. The van der Waals surface area contributed by atoms with Crippen molar-refractivity contribution in [3.8, 4) is 0 Å². The number of carbonyl (C=O) groups excluding carboxylic acids is 11. The minimum Gasteiger partial charge on any atom is -0.343 e. The number of fused-ring (bicyclic) bond motifs is 2. The van der Waals surface area contributed by atoms with Gasteiger partial charge in [0.2, 0.25) is 65.0 Å². The van der Waals surface area contributed by atoms with E-state index in [1.54, 1.807) is 20.9 Å². The first-order valence-electron chi connectivity index (χ1n) is 35.0. The van der Waals surface area contributed by atoms with E-state index in [2.05, 4.69) is 16.0 Å². The molecule has 554 valence electrons. The van der Waals surface area contributed by atoms with Crippen molar-refractivity contribution in [2.75, 3.05) is 61.9 Å². The smallest absolute Gasteiger partial charge is 0.343 e. The molecule has 2 aromatic carbocycles. The number of carbonyl (C=O) groups is 11. The minimum atomic E-state index is -4.80. The third-order valence-electron chi connectivity index (χ3n) is 21.4. The number of benzene rings is 2. The van der Waals surface area contributed by atoms with Gasteiger partial charge >= 0.3 is 12.4 Å². The SMILES string of the molecule is CC[C@H](C)[C@@H]1NC(=O)[C@H](CC(C)C)N(C)C(=O)C[C@@H](C)N(C)C(=O)[C@H](C2CCCCC2)N(C)C(=O)C2(CCCC2)NC(=O)[C@@H]2CCCN2C(=O)[C@H](CCc2ccc(C(F)(F)F)c(Cl)c2)NC(=O)CN(C)C(=O)[C@H](Cc2ccc(C(F)(F)F)cc2)N(C)C(=O)[C@@H]2CCN2C(=O)[C@H](C)N(C)C1=O. The highest BCUT2D eigenvalue weighted by molar-refractivity contribution is 6.31. The molecule has 3 heterocycles. The van der Waals surface area contributed by atoms with Crippen molar-refractivity contribution < 1.29 is 79.1 Å². The van der Waals surface area contributed by atoms with E-state index >= 15 is 19.2 Å². The fraction of sp³-hybridized carbons (Fsp3) is 0.676. The highest BCUT2D eigenvalue weighted by Crippen LogP contribution is 2.39. The molecule has 0 aromatic heterocycles. The first-order chi connectivity index (χ1) is 46.8. The Bertz CT molecular complexity index is 3330. The molecule has 1 spiro atoms. The molecule has 0 radical (unpaired) electrons. The Morgan fingerprint density at radius 2 is 1.22 bits per heavy atom. The third kappa shape index (κ3) is 18.6. The summed E-state index contributed by atoms with van der Waals surface area (Å²) in [7, 11) is 8.42. The number of likely N-dealkylation sites (N-methyl/N-ethyl adjacent to an activating group) is 6. The molecule has 3 N–H and O–H groups in total. The number of nitrogens with zero attached hydrogens (tertiary/aromatic N) is 8. The van der Waals surface area contributed by atoms with Crippen LogP contribution in [-0.2, 0) is 77.9 Å². The molecule has 2 saturated carbocycles. The maximum Gasteiger partial charge on any atom is 0.417 e. The summed E-state index contributed by atoms with van der Waals surface area (Å²) in [6.07, 6.45) is -4.48. The largest absolute Gasteiger partial charge is 0.417 e. The molecule has 22 nitrogen and oxygen atoms in total. The molecular weight excluding hydrogens is 1330 g/mol. The van der Waals surface area contributed by atoms with Crippen LogP contribution in [0.2, 0.25) is 5.02 Å². The Balaban J connectivity index is 1.28. The number of halogens is 7. The number of rotatable bonds is 10. The van der Waals surface area contributed by atoms with E-state index in [1.807, 2.05) is 20.8 Å². The Hall–Kier alpha value is -7.52. The molecule has 2 aliphatic carbocycles. The zero-order valence-electron chi connectivity index (χ0n) is 59.5. The fourth-order valence-corrected chi connectivity index (χ4v) is 14.9. The monoisotopic (exact) mass is 1430 g/mol. The van der Waals surface area contributed by atoms with Crippen LogP contribution in [0, 0.1) is 17.8 Å². The summed E-state index contributed by atoms with van der Waals surface area (Å²) < 4.78 is 83.1. The van der Waals surface area contributed by atoms with Crippen molar-refractivity contribution in [1.29, 1.82) is 0 Å². The van der Waals surface area contributed by atoms with Crippen LogP contribution in [-0.4, -0.2) is 226 Å². The van der Waals surface area contributed by atoms with E-state index in [0.29, 0.717) is 32.1 Å². The van der Waals surface area contributed by atoms with Gasteiger partial charge in [-0.2, -0.15) is 26.3 Å². The lowest BCUT2D eigenvalue weighted by Gasteiger charge is -2.45. The Morgan fingerprint density at radius 3 is 1.79 bits per heavy atom. The summed E-state index contributed by atoms with van der Waals surface area (Å²) in [4.78, 5) is 174. The molecule has 7 rings (SSSR count).